The summed E-state index contributed by atoms with van der Waals surface area (Å²) in [6.45, 7) is 14.5. The number of H-pyrrole nitrogens is 1. The number of aromatic nitrogens is 3. The first kappa shape index (κ1) is 32.0. The fourth-order valence-electron chi connectivity index (χ4n) is 6.52. The Kier molecular flexibility index (Phi) is 9.36. The summed E-state index contributed by atoms with van der Waals surface area (Å²) in [5.41, 5.74) is 5.10. The smallest absolute Gasteiger partial charge is 0.307 e. The fraction of sp³-hybridized carbons (Fsp3) is 0.576. The zero-order valence-corrected chi connectivity index (χ0v) is 28.0. The van der Waals surface area contributed by atoms with Gasteiger partial charge in [-0.3, -0.25) is 14.4 Å². The van der Waals surface area contributed by atoms with Gasteiger partial charge in [0.2, 0.25) is 5.91 Å². The monoisotopic (exact) mass is 622 g/mol. The number of carbonyl (C=O) groups excluding carboxylic acids is 3. The summed E-state index contributed by atoms with van der Waals surface area (Å²) >= 11 is 0. The number of esters is 2. The van der Waals surface area contributed by atoms with Gasteiger partial charge in [0.05, 0.1) is 37.2 Å². The number of nitrogens with zero attached hydrogens (tertiary/aromatic N) is 3. The molecule has 0 radical (unpaired) electrons. The molecule has 3 aromatic rings. The molecule has 0 saturated heterocycles. The van der Waals surface area contributed by atoms with E-state index in [4.69, 9.17) is 19.3 Å². The van der Waals surface area contributed by atoms with E-state index in [2.05, 4.69) is 36.9 Å². The molecule has 5 rings (SSSR count). The molecule has 0 fully saturated rings. The quantitative estimate of drug-likeness (QED) is 0.147. The maximum atomic E-state index is 14.2. The van der Waals surface area contributed by atoms with Crippen LogP contribution in [0.15, 0.2) is 18.3 Å². The topological polar surface area (TPSA) is 116 Å². The molecule has 0 unspecified atom stereocenters. The minimum absolute atomic E-state index is 0.189. The summed E-state index contributed by atoms with van der Waals surface area (Å²) in [6, 6.07) is 5.13. The lowest BCUT2D eigenvalue weighted by atomic mass is 9.75. The van der Waals surface area contributed by atoms with Gasteiger partial charge in [0, 0.05) is 44.0 Å². The summed E-state index contributed by atoms with van der Waals surface area (Å²) < 4.78 is 18.5. The van der Waals surface area contributed by atoms with Crippen molar-refractivity contribution in [3.8, 4) is 11.4 Å². The van der Waals surface area contributed by atoms with Gasteiger partial charge in [0.15, 0.2) is 0 Å². The number of amides is 1. The van der Waals surface area contributed by atoms with E-state index in [9.17, 15) is 14.4 Å². The van der Waals surface area contributed by atoms with E-state index in [0.717, 1.165) is 66.3 Å². The average molecular weight is 623 g/mol. The molecule has 2 aliphatic rings. The molecular formula is C33H46N4O6Si. The molecule has 3 heterocycles. The van der Waals surface area contributed by atoms with Crippen LogP contribution >= 0.6 is 0 Å². The first-order valence-corrected chi connectivity index (χ1v) is 19.7. The molecule has 1 aromatic carbocycles. The minimum Gasteiger partial charge on any atom is -0.466 e. The normalized spacial score (nSPS) is 15.6. The van der Waals surface area contributed by atoms with Crippen molar-refractivity contribution in [2.75, 3.05) is 31.3 Å². The Morgan fingerprint density at radius 1 is 1.05 bits per heavy atom. The molecule has 2 aromatic heterocycles. The third-order valence-electron chi connectivity index (χ3n) is 8.60. The largest absolute Gasteiger partial charge is 0.466 e. The molecule has 1 amide bonds. The Morgan fingerprint density at radius 2 is 1.75 bits per heavy atom. The number of ether oxygens (including phenoxy) is 3. The van der Waals surface area contributed by atoms with Crippen LogP contribution in [0.25, 0.3) is 22.3 Å². The maximum absolute atomic E-state index is 14.2. The minimum atomic E-state index is -1.40. The standard InChI is InChI=1S/C33H46N4O6Si/c1-7-13-37-27-16-24-23-12-10-11-22-20-36(21-41-14-15-44(4,5)6)35-30(22)31(23)34-26(24)17-25(27)33(32(37)40,18-28(38)42-8-2)19-29(39)43-9-3/h16-17,20,34H,7-15,18-19,21H2,1-6H3. The predicted molar refractivity (Wildman–Crippen MR) is 172 cm³/mol. The van der Waals surface area contributed by atoms with Crippen LogP contribution in [0.3, 0.4) is 0 Å². The van der Waals surface area contributed by atoms with Crippen LogP contribution in [0.4, 0.5) is 5.69 Å². The van der Waals surface area contributed by atoms with Crippen molar-refractivity contribution in [2.24, 2.45) is 0 Å². The first-order valence-electron chi connectivity index (χ1n) is 16.0. The van der Waals surface area contributed by atoms with E-state index < -0.39 is 25.4 Å². The highest BCUT2D eigenvalue weighted by molar-refractivity contribution is 6.76. The van der Waals surface area contributed by atoms with Crippen LogP contribution in [0, 0.1) is 0 Å². The van der Waals surface area contributed by atoms with E-state index in [0.29, 0.717) is 18.8 Å². The SMILES string of the molecule is CCCN1C(=O)C(CC(=O)OCC)(CC(=O)OCC)c2cc3[nH]c4c(c3cc21)CCCc1cn(COCC[Si](C)(C)C)nc1-4. The van der Waals surface area contributed by atoms with Crippen LogP contribution in [0.2, 0.25) is 25.7 Å². The van der Waals surface area contributed by atoms with Crippen LogP contribution in [0.5, 0.6) is 0 Å². The van der Waals surface area contributed by atoms with Crippen molar-refractivity contribution in [3.05, 3.63) is 35.0 Å². The highest BCUT2D eigenvalue weighted by Gasteiger charge is 2.54. The third-order valence-corrected chi connectivity index (χ3v) is 10.3. The van der Waals surface area contributed by atoms with Gasteiger partial charge in [0.25, 0.3) is 0 Å². The molecule has 238 valence electrons. The van der Waals surface area contributed by atoms with Crippen LogP contribution < -0.4 is 4.90 Å². The summed E-state index contributed by atoms with van der Waals surface area (Å²) in [5.74, 6) is -1.29. The van der Waals surface area contributed by atoms with Crippen molar-refractivity contribution >= 4 is 42.5 Å². The molecule has 0 atom stereocenters. The number of benzene rings is 1. The Labute approximate surface area is 260 Å². The van der Waals surface area contributed by atoms with Crippen molar-refractivity contribution in [2.45, 2.75) is 97.1 Å². The zero-order valence-electron chi connectivity index (χ0n) is 27.0. The van der Waals surface area contributed by atoms with Gasteiger partial charge in [-0.1, -0.05) is 26.6 Å². The van der Waals surface area contributed by atoms with Gasteiger partial charge in [-0.15, -0.1) is 0 Å². The van der Waals surface area contributed by atoms with Crippen molar-refractivity contribution < 1.29 is 28.6 Å². The highest BCUT2D eigenvalue weighted by Crippen LogP contribution is 2.50. The lowest BCUT2D eigenvalue weighted by Gasteiger charge is -2.27. The Morgan fingerprint density at radius 3 is 2.39 bits per heavy atom. The highest BCUT2D eigenvalue weighted by atomic mass is 28.3. The zero-order chi connectivity index (χ0) is 31.6. The van der Waals surface area contributed by atoms with Gasteiger partial charge >= 0.3 is 11.9 Å². The van der Waals surface area contributed by atoms with Crippen molar-refractivity contribution in [1.82, 2.24) is 14.8 Å². The van der Waals surface area contributed by atoms with Gasteiger partial charge in [-0.25, -0.2) is 4.68 Å². The molecule has 11 heteroatoms. The van der Waals surface area contributed by atoms with E-state index in [1.54, 1.807) is 18.7 Å². The molecule has 1 aliphatic carbocycles. The predicted octanol–water partition coefficient (Wildman–Crippen LogP) is 5.73. The number of fused-ring (bicyclic) bond motifs is 6. The van der Waals surface area contributed by atoms with Gasteiger partial charge in [0.1, 0.15) is 12.4 Å². The number of rotatable bonds is 13. The van der Waals surface area contributed by atoms with Gasteiger partial charge in [-0.2, -0.15) is 5.10 Å². The summed E-state index contributed by atoms with van der Waals surface area (Å²) in [6.07, 6.45) is 5.12. The molecule has 0 spiro atoms. The number of nitrogens with one attached hydrogen (secondary N) is 1. The number of aromatic amines is 1. The number of hydrogen-bond donors (Lipinski definition) is 1. The molecule has 1 N–H and O–H groups in total. The van der Waals surface area contributed by atoms with Crippen LogP contribution in [-0.2, 0) is 53.6 Å². The first-order chi connectivity index (χ1) is 21.0. The number of carbonyl (C=O) groups is 3. The van der Waals surface area contributed by atoms with E-state index >= 15 is 0 Å². The van der Waals surface area contributed by atoms with Crippen LogP contribution in [0.1, 0.15) is 63.1 Å². The van der Waals surface area contributed by atoms with Crippen LogP contribution in [-0.4, -0.2) is 67.0 Å². The second-order valence-electron chi connectivity index (χ2n) is 13.1. The Hall–Kier alpha value is -3.44. The third kappa shape index (κ3) is 6.21. The van der Waals surface area contributed by atoms with E-state index in [-0.39, 0.29) is 32.0 Å². The molecule has 0 saturated carbocycles. The van der Waals surface area contributed by atoms with Crippen molar-refractivity contribution in [3.63, 3.8) is 0 Å². The molecular weight excluding hydrogens is 576 g/mol. The molecule has 10 nitrogen and oxygen atoms in total. The lowest BCUT2D eigenvalue weighted by Crippen LogP contribution is -2.44. The summed E-state index contributed by atoms with van der Waals surface area (Å²) in [5, 5.41) is 5.98. The number of aryl methyl sites for hydroxylation is 2. The van der Waals surface area contributed by atoms with Crippen molar-refractivity contribution in [1.29, 1.82) is 0 Å². The van der Waals surface area contributed by atoms with E-state index in [1.165, 1.54) is 11.1 Å². The maximum Gasteiger partial charge on any atom is 0.307 e. The van der Waals surface area contributed by atoms with Gasteiger partial charge in [-0.05, 0) is 74.4 Å². The molecule has 1 aliphatic heterocycles. The fourth-order valence-corrected chi connectivity index (χ4v) is 7.28. The summed E-state index contributed by atoms with van der Waals surface area (Å²) in [7, 11) is -1.17. The Balaban J connectivity index is 1.58. The molecule has 0 bridgehead atoms. The number of anilines is 1. The number of hydrogen-bond acceptors (Lipinski definition) is 7. The second-order valence-corrected chi connectivity index (χ2v) is 18.8. The molecule has 44 heavy (non-hydrogen) atoms. The Bertz CT molecular complexity index is 1530. The lowest BCUT2D eigenvalue weighted by molar-refractivity contribution is -0.151. The summed E-state index contributed by atoms with van der Waals surface area (Å²) in [4.78, 5) is 45.4. The van der Waals surface area contributed by atoms with Gasteiger partial charge < -0.3 is 24.1 Å². The second kappa shape index (κ2) is 12.9. The average Bonchev–Trinajstić information content (AvgIpc) is 3.54. The van der Waals surface area contributed by atoms with E-state index in [1.807, 2.05) is 17.7 Å².